The molecule has 5 heteroatoms. The van der Waals surface area contributed by atoms with E-state index >= 15 is 0 Å². The summed E-state index contributed by atoms with van der Waals surface area (Å²) in [5.74, 6) is -0.391. The molecular formula is C17H16N2O3. The predicted molar refractivity (Wildman–Crippen MR) is 85.7 cm³/mol. The van der Waals surface area contributed by atoms with E-state index in [0.717, 1.165) is 11.1 Å². The quantitative estimate of drug-likeness (QED) is 0.366. The Morgan fingerprint density at radius 1 is 1.09 bits per heavy atom. The molecule has 0 amide bonds. The first kappa shape index (κ1) is 15.4. The number of carbonyl (C=O) groups is 1. The molecule has 0 spiro atoms. The number of nitro benzene ring substituents is 1. The third-order valence-corrected chi connectivity index (χ3v) is 3.09. The topological polar surface area (TPSA) is 63.5 Å². The van der Waals surface area contributed by atoms with Gasteiger partial charge in [0.1, 0.15) is 5.56 Å². The van der Waals surface area contributed by atoms with Gasteiger partial charge in [-0.15, -0.1) is 0 Å². The number of carbonyl (C=O) groups excluding carboxylic acids is 1. The number of hydrogen-bond acceptors (Lipinski definition) is 4. The van der Waals surface area contributed by atoms with Crippen LogP contribution in [0.4, 0.5) is 5.69 Å². The van der Waals surface area contributed by atoms with E-state index in [0.29, 0.717) is 0 Å². The molecule has 5 nitrogen and oxygen atoms in total. The Bertz CT molecular complexity index is 722. The Kier molecular flexibility index (Phi) is 4.68. The van der Waals surface area contributed by atoms with E-state index < -0.39 is 10.7 Å². The summed E-state index contributed by atoms with van der Waals surface area (Å²) in [4.78, 5) is 24.5. The van der Waals surface area contributed by atoms with Crippen molar-refractivity contribution in [1.29, 1.82) is 0 Å². The summed E-state index contributed by atoms with van der Waals surface area (Å²) < 4.78 is 0. The van der Waals surface area contributed by atoms with Gasteiger partial charge >= 0.3 is 0 Å². The number of rotatable bonds is 5. The minimum Gasteiger partial charge on any atom is -0.383 e. The third kappa shape index (κ3) is 3.58. The van der Waals surface area contributed by atoms with E-state index in [9.17, 15) is 14.9 Å². The molecule has 112 valence electrons. The van der Waals surface area contributed by atoms with Crippen LogP contribution in [0.2, 0.25) is 0 Å². The summed E-state index contributed by atoms with van der Waals surface area (Å²) >= 11 is 0. The third-order valence-electron chi connectivity index (χ3n) is 3.09. The molecule has 0 heterocycles. The molecule has 0 N–H and O–H groups in total. The smallest absolute Gasteiger partial charge is 0.280 e. The average Bonchev–Trinajstić information content (AvgIpc) is 2.52. The molecule has 0 aliphatic carbocycles. The zero-order chi connectivity index (χ0) is 16.1. The number of ketones is 1. The second-order valence-corrected chi connectivity index (χ2v) is 5.00. The highest BCUT2D eigenvalue weighted by molar-refractivity contribution is 6.08. The lowest BCUT2D eigenvalue weighted by atomic mass is 9.99. The van der Waals surface area contributed by atoms with Crippen molar-refractivity contribution in [3.05, 3.63) is 76.5 Å². The van der Waals surface area contributed by atoms with Crippen LogP contribution < -0.4 is 0 Å². The summed E-state index contributed by atoms with van der Waals surface area (Å²) in [6, 6.07) is 14.0. The fourth-order valence-electron chi connectivity index (χ4n) is 2.01. The van der Waals surface area contributed by atoms with Gasteiger partial charge < -0.3 is 4.90 Å². The lowest BCUT2D eigenvalue weighted by Crippen LogP contribution is -2.05. The molecule has 0 fully saturated rings. The van der Waals surface area contributed by atoms with Gasteiger partial charge in [0.2, 0.25) is 0 Å². The Morgan fingerprint density at radius 2 is 1.77 bits per heavy atom. The van der Waals surface area contributed by atoms with Crippen LogP contribution in [-0.4, -0.2) is 29.7 Å². The molecule has 0 bridgehead atoms. The molecule has 0 aliphatic heterocycles. The van der Waals surface area contributed by atoms with E-state index in [1.165, 1.54) is 12.1 Å². The zero-order valence-corrected chi connectivity index (χ0v) is 12.4. The summed E-state index contributed by atoms with van der Waals surface area (Å²) in [6.45, 7) is 0. The van der Waals surface area contributed by atoms with E-state index in [-0.39, 0.29) is 11.3 Å². The lowest BCUT2D eigenvalue weighted by Gasteiger charge is -2.06. The Labute approximate surface area is 128 Å². The summed E-state index contributed by atoms with van der Waals surface area (Å²) in [7, 11) is 3.55. The summed E-state index contributed by atoms with van der Waals surface area (Å²) in [5, 5.41) is 11.1. The van der Waals surface area contributed by atoms with E-state index in [2.05, 4.69) is 0 Å². The van der Waals surface area contributed by atoms with Crippen molar-refractivity contribution >= 4 is 11.5 Å². The van der Waals surface area contributed by atoms with Crippen molar-refractivity contribution in [1.82, 2.24) is 4.90 Å². The number of allylic oxidation sites excluding steroid dienone is 1. The first-order chi connectivity index (χ1) is 10.5. The SMILES string of the molecule is CN(C)/C=C/C(=O)c1cc(-c2ccccc2)ccc1[N+](=O)[O-]. The second-order valence-electron chi connectivity index (χ2n) is 5.00. The molecule has 0 atom stereocenters. The summed E-state index contributed by atoms with van der Waals surface area (Å²) in [5.41, 5.74) is 1.58. The molecule has 2 aromatic carbocycles. The van der Waals surface area contributed by atoms with Gasteiger partial charge in [-0.25, -0.2) is 0 Å². The van der Waals surface area contributed by atoms with Gasteiger partial charge in [0.05, 0.1) is 4.92 Å². The van der Waals surface area contributed by atoms with Gasteiger partial charge in [-0.3, -0.25) is 14.9 Å². The minimum atomic E-state index is -0.536. The molecule has 22 heavy (non-hydrogen) atoms. The average molecular weight is 296 g/mol. The Hall–Kier alpha value is -2.95. The van der Waals surface area contributed by atoms with Crippen molar-refractivity contribution < 1.29 is 9.72 Å². The van der Waals surface area contributed by atoms with Crippen LogP contribution in [0.3, 0.4) is 0 Å². The number of benzene rings is 2. The van der Waals surface area contributed by atoms with Gasteiger partial charge in [-0.05, 0) is 23.3 Å². The van der Waals surface area contributed by atoms with Crippen molar-refractivity contribution in [2.45, 2.75) is 0 Å². The predicted octanol–water partition coefficient (Wildman–Crippen LogP) is 3.52. The van der Waals surface area contributed by atoms with Gasteiger partial charge in [0.15, 0.2) is 5.78 Å². The van der Waals surface area contributed by atoms with Crippen LogP contribution in [0.5, 0.6) is 0 Å². The lowest BCUT2D eigenvalue weighted by molar-refractivity contribution is -0.385. The second kappa shape index (κ2) is 6.67. The highest BCUT2D eigenvalue weighted by Crippen LogP contribution is 2.27. The van der Waals surface area contributed by atoms with E-state index in [1.807, 2.05) is 30.3 Å². The molecule has 0 radical (unpaired) electrons. The van der Waals surface area contributed by atoms with Crippen molar-refractivity contribution in [3.63, 3.8) is 0 Å². The molecule has 0 saturated carbocycles. The van der Waals surface area contributed by atoms with Crippen LogP contribution in [0.25, 0.3) is 11.1 Å². The van der Waals surface area contributed by atoms with Gasteiger partial charge in [-0.1, -0.05) is 30.3 Å². The van der Waals surface area contributed by atoms with Crippen LogP contribution in [0.1, 0.15) is 10.4 Å². The van der Waals surface area contributed by atoms with Crippen LogP contribution in [0, 0.1) is 10.1 Å². The first-order valence-electron chi connectivity index (χ1n) is 6.72. The first-order valence-corrected chi connectivity index (χ1v) is 6.72. The molecule has 0 saturated heterocycles. The fraction of sp³-hybridized carbons (Fsp3) is 0.118. The molecule has 0 aromatic heterocycles. The van der Waals surface area contributed by atoms with Gasteiger partial charge in [-0.2, -0.15) is 0 Å². The van der Waals surface area contributed by atoms with Crippen LogP contribution in [-0.2, 0) is 0 Å². The minimum absolute atomic E-state index is 0.0875. The molecular weight excluding hydrogens is 280 g/mol. The van der Waals surface area contributed by atoms with Crippen LogP contribution in [0.15, 0.2) is 60.8 Å². The maximum Gasteiger partial charge on any atom is 0.280 e. The monoisotopic (exact) mass is 296 g/mol. The highest BCUT2D eigenvalue weighted by atomic mass is 16.6. The maximum absolute atomic E-state index is 12.2. The molecule has 2 aromatic rings. The molecule has 0 unspecified atom stereocenters. The van der Waals surface area contributed by atoms with Gasteiger partial charge in [0.25, 0.3) is 5.69 Å². The number of hydrogen-bond donors (Lipinski definition) is 0. The highest BCUT2D eigenvalue weighted by Gasteiger charge is 2.19. The fourth-order valence-corrected chi connectivity index (χ4v) is 2.01. The summed E-state index contributed by atoms with van der Waals surface area (Å²) in [6.07, 6.45) is 2.90. The zero-order valence-electron chi connectivity index (χ0n) is 12.4. The molecule has 0 aliphatic rings. The van der Waals surface area contributed by atoms with Gasteiger partial charge in [0, 0.05) is 32.4 Å². The van der Waals surface area contributed by atoms with Crippen LogP contribution >= 0.6 is 0 Å². The van der Waals surface area contributed by atoms with Crippen molar-refractivity contribution in [3.8, 4) is 11.1 Å². The van der Waals surface area contributed by atoms with E-state index in [4.69, 9.17) is 0 Å². The maximum atomic E-state index is 12.2. The molecule has 2 rings (SSSR count). The number of nitro groups is 1. The standard InChI is InChI=1S/C17H16N2O3/c1-18(2)11-10-17(20)15-12-14(8-9-16(15)19(21)22)13-6-4-3-5-7-13/h3-12H,1-2H3/b11-10+. The normalized spacial score (nSPS) is 10.6. The Balaban J connectivity index is 2.49. The van der Waals surface area contributed by atoms with E-state index in [1.54, 1.807) is 37.3 Å². The largest absolute Gasteiger partial charge is 0.383 e. The Morgan fingerprint density at radius 3 is 2.36 bits per heavy atom. The number of nitrogens with zero attached hydrogens (tertiary/aromatic N) is 2. The van der Waals surface area contributed by atoms with Crippen molar-refractivity contribution in [2.75, 3.05) is 14.1 Å². The van der Waals surface area contributed by atoms with Crippen molar-refractivity contribution in [2.24, 2.45) is 0 Å².